The van der Waals surface area contributed by atoms with Gasteiger partial charge in [0, 0.05) is 25.0 Å². The Balaban J connectivity index is 1.51. The summed E-state index contributed by atoms with van der Waals surface area (Å²) in [6.45, 7) is 1.52. The molecule has 1 saturated carbocycles. The number of nitrogens with zero attached hydrogens (tertiary/aromatic N) is 3. The summed E-state index contributed by atoms with van der Waals surface area (Å²) in [6, 6.07) is 5.98. The second kappa shape index (κ2) is 8.25. The lowest BCUT2D eigenvalue weighted by molar-refractivity contribution is 0.0948. The topological polar surface area (TPSA) is 66.7 Å². The van der Waals surface area contributed by atoms with E-state index in [1.807, 2.05) is 6.07 Å². The quantitative estimate of drug-likeness (QED) is 0.816. The summed E-state index contributed by atoms with van der Waals surface area (Å²) in [5, 5.41) is 2.84. The monoisotopic (exact) mass is 342 g/mol. The number of aromatic nitrogens is 2. The van der Waals surface area contributed by atoms with E-state index in [9.17, 15) is 9.59 Å². The van der Waals surface area contributed by atoms with E-state index < -0.39 is 0 Å². The summed E-state index contributed by atoms with van der Waals surface area (Å²) in [5.41, 5.74) is 0.296. The Kier molecular flexibility index (Phi) is 5.81. The van der Waals surface area contributed by atoms with Crippen LogP contribution in [0.5, 0.6) is 0 Å². The molecule has 2 heterocycles. The molecular formula is C19H26N4O2. The van der Waals surface area contributed by atoms with Crippen LogP contribution in [-0.4, -0.2) is 46.4 Å². The summed E-state index contributed by atoms with van der Waals surface area (Å²) in [7, 11) is 2.16. The van der Waals surface area contributed by atoms with Crippen LogP contribution in [0.15, 0.2) is 35.4 Å². The molecule has 0 aromatic carbocycles. The third kappa shape index (κ3) is 4.25. The first-order valence-electron chi connectivity index (χ1n) is 9.11. The summed E-state index contributed by atoms with van der Waals surface area (Å²) >= 11 is 0. The minimum Gasteiger partial charge on any atom is -0.352 e. The number of nitrogens with one attached hydrogen (secondary N) is 1. The SMILES string of the molecule is CN(CCCNC(=O)c1cnc2ccccn2c1=O)C1CCCCC1. The third-order valence-electron chi connectivity index (χ3n) is 5.03. The molecule has 1 aliphatic rings. The first kappa shape index (κ1) is 17.6. The van der Waals surface area contributed by atoms with Gasteiger partial charge in [-0.05, 0) is 45.0 Å². The van der Waals surface area contributed by atoms with Crippen molar-refractivity contribution in [3.63, 3.8) is 0 Å². The Morgan fingerprint density at radius 2 is 2.12 bits per heavy atom. The summed E-state index contributed by atoms with van der Waals surface area (Å²) < 4.78 is 1.39. The highest BCUT2D eigenvalue weighted by Crippen LogP contribution is 2.21. The maximum atomic E-state index is 12.4. The second-order valence-corrected chi connectivity index (χ2v) is 6.79. The van der Waals surface area contributed by atoms with Gasteiger partial charge in [-0.2, -0.15) is 0 Å². The number of rotatable bonds is 6. The van der Waals surface area contributed by atoms with Gasteiger partial charge >= 0.3 is 0 Å². The van der Waals surface area contributed by atoms with Gasteiger partial charge in [-0.25, -0.2) is 4.98 Å². The smallest absolute Gasteiger partial charge is 0.270 e. The Labute approximate surface area is 147 Å². The maximum Gasteiger partial charge on any atom is 0.270 e. The van der Waals surface area contributed by atoms with E-state index >= 15 is 0 Å². The molecule has 0 spiro atoms. The number of fused-ring (bicyclic) bond motifs is 1. The van der Waals surface area contributed by atoms with Crippen LogP contribution in [0.25, 0.3) is 5.65 Å². The van der Waals surface area contributed by atoms with Crippen molar-refractivity contribution < 1.29 is 4.79 Å². The Bertz CT molecular complexity index is 780. The van der Waals surface area contributed by atoms with Crippen LogP contribution in [0.4, 0.5) is 0 Å². The predicted octanol–water partition coefficient (Wildman–Crippen LogP) is 2.08. The lowest BCUT2D eigenvalue weighted by Gasteiger charge is -2.31. The lowest BCUT2D eigenvalue weighted by atomic mass is 9.94. The number of carbonyl (C=O) groups is 1. The fraction of sp³-hybridized carbons (Fsp3) is 0.526. The average molecular weight is 342 g/mol. The number of hydrogen-bond acceptors (Lipinski definition) is 4. The molecule has 0 aliphatic heterocycles. The fourth-order valence-corrected chi connectivity index (χ4v) is 3.51. The molecule has 0 unspecified atom stereocenters. The zero-order valence-corrected chi connectivity index (χ0v) is 14.8. The Morgan fingerprint density at radius 3 is 2.92 bits per heavy atom. The zero-order valence-electron chi connectivity index (χ0n) is 14.8. The zero-order chi connectivity index (χ0) is 17.6. The van der Waals surface area contributed by atoms with Gasteiger partial charge in [0.15, 0.2) is 0 Å². The molecule has 2 aromatic heterocycles. The summed E-state index contributed by atoms with van der Waals surface area (Å²) in [4.78, 5) is 31.2. The van der Waals surface area contributed by atoms with Gasteiger partial charge in [-0.15, -0.1) is 0 Å². The van der Waals surface area contributed by atoms with E-state index in [4.69, 9.17) is 0 Å². The highest BCUT2D eigenvalue weighted by molar-refractivity contribution is 5.93. The van der Waals surface area contributed by atoms with Gasteiger partial charge in [-0.3, -0.25) is 14.0 Å². The number of amides is 1. The van der Waals surface area contributed by atoms with Crippen molar-refractivity contribution in [3.05, 3.63) is 46.5 Å². The maximum absolute atomic E-state index is 12.4. The van der Waals surface area contributed by atoms with Crippen LogP contribution in [0, 0.1) is 0 Å². The van der Waals surface area contributed by atoms with Crippen molar-refractivity contribution in [2.24, 2.45) is 0 Å². The first-order chi connectivity index (χ1) is 12.2. The van der Waals surface area contributed by atoms with Crippen molar-refractivity contribution in [2.75, 3.05) is 20.1 Å². The first-order valence-corrected chi connectivity index (χ1v) is 9.11. The molecule has 6 heteroatoms. The van der Waals surface area contributed by atoms with Gasteiger partial charge in [0.05, 0.1) is 0 Å². The van der Waals surface area contributed by atoms with Crippen LogP contribution in [0.1, 0.15) is 48.9 Å². The van der Waals surface area contributed by atoms with Crippen LogP contribution in [0.3, 0.4) is 0 Å². The molecule has 1 amide bonds. The van der Waals surface area contributed by atoms with Crippen molar-refractivity contribution >= 4 is 11.6 Å². The van der Waals surface area contributed by atoms with Crippen LogP contribution >= 0.6 is 0 Å². The summed E-state index contributed by atoms with van der Waals surface area (Å²) in [5.74, 6) is -0.351. The number of carbonyl (C=O) groups excluding carboxylic acids is 1. The second-order valence-electron chi connectivity index (χ2n) is 6.79. The number of hydrogen-bond donors (Lipinski definition) is 1. The molecule has 0 atom stereocenters. The largest absolute Gasteiger partial charge is 0.352 e. The van der Waals surface area contributed by atoms with Crippen molar-refractivity contribution in [1.29, 1.82) is 0 Å². The van der Waals surface area contributed by atoms with Gasteiger partial charge in [-0.1, -0.05) is 25.3 Å². The van der Waals surface area contributed by atoms with E-state index in [0.29, 0.717) is 18.2 Å². The molecule has 1 fully saturated rings. The van der Waals surface area contributed by atoms with Gasteiger partial charge in [0.2, 0.25) is 0 Å². The van der Waals surface area contributed by atoms with Gasteiger partial charge in [0.1, 0.15) is 11.2 Å². The molecule has 3 rings (SSSR count). The molecule has 6 nitrogen and oxygen atoms in total. The number of pyridine rings is 1. The van der Waals surface area contributed by atoms with Crippen molar-refractivity contribution in [1.82, 2.24) is 19.6 Å². The van der Waals surface area contributed by atoms with E-state index in [1.165, 1.54) is 42.7 Å². The molecule has 0 bridgehead atoms. The van der Waals surface area contributed by atoms with Gasteiger partial charge < -0.3 is 10.2 Å². The average Bonchev–Trinajstić information content (AvgIpc) is 2.66. The van der Waals surface area contributed by atoms with Crippen LogP contribution < -0.4 is 10.9 Å². The predicted molar refractivity (Wildman–Crippen MR) is 97.9 cm³/mol. The molecular weight excluding hydrogens is 316 g/mol. The highest BCUT2D eigenvalue weighted by Gasteiger charge is 2.17. The fourth-order valence-electron chi connectivity index (χ4n) is 3.51. The normalized spacial score (nSPS) is 15.6. The third-order valence-corrected chi connectivity index (χ3v) is 5.03. The van der Waals surface area contributed by atoms with E-state index in [1.54, 1.807) is 18.3 Å². The van der Waals surface area contributed by atoms with Crippen LogP contribution in [0.2, 0.25) is 0 Å². The lowest BCUT2D eigenvalue weighted by Crippen LogP contribution is -2.36. The molecule has 25 heavy (non-hydrogen) atoms. The van der Waals surface area contributed by atoms with Crippen molar-refractivity contribution in [3.8, 4) is 0 Å². The molecule has 1 N–H and O–H groups in total. The van der Waals surface area contributed by atoms with E-state index in [-0.39, 0.29) is 17.0 Å². The standard InChI is InChI=1S/C19H26N4O2/c1-22(15-8-3-2-4-9-15)12-7-11-20-18(24)16-14-21-17-10-5-6-13-23(17)19(16)25/h5-6,10,13-15H,2-4,7-9,11-12H2,1H3,(H,20,24). The molecule has 134 valence electrons. The minimum atomic E-state index is -0.351. The van der Waals surface area contributed by atoms with E-state index in [2.05, 4.69) is 22.2 Å². The molecule has 0 radical (unpaired) electrons. The molecule has 1 aliphatic carbocycles. The Morgan fingerprint density at radius 1 is 1.32 bits per heavy atom. The van der Waals surface area contributed by atoms with Crippen LogP contribution in [-0.2, 0) is 0 Å². The minimum absolute atomic E-state index is 0.0873. The molecule has 0 saturated heterocycles. The van der Waals surface area contributed by atoms with E-state index in [0.717, 1.165) is 13.0 Å². The Hall–Kier alpha value is -2.21. The van der Waals surface area contributed by atoms with Gasteiger partial charge in [0.25, 0.3) is 11.5 Å². The summed E-state index contributed by atoms with van der Waals surface area (Å²) in [6.07, 6.45) is 10.4. The highest BCUT2D eigenvalue weighted by atomic mass is 16.2. The van der Waals surface area contributed by atoms with Crippen molar-refractivity contribution in [2.45, 2.75) is 44.6 Å². The molecule has 2 aromatic rings.